The first-order valence-corrected chi connectivity index (χ1v) is 16.2. The molecule has 0 bridgehead atoms. The van der Waals surface area contributed by atoms with Gasteiger partial charge in [0.2, 0.25) is 0 Å². The van der Waals surface area contributed by atoms with Crippen LogP contribution in [0.3, 0.4) is 0 Å². The van der Waals surface area contributed by atoms with Crippen LogP contribution >= 0.6 is 0 Å². The fourth-order valence-electron chi connectivity index (χ4n) is 5.82. The lowest BCUT2D eigenvalue weighted by molar-refractivity contribution is -0.923. The minimum absolute atomic E-state index is 0.767. The van der Waals surface area contributed by atoms with E-state index in [2.05, 4.69) is 46.2 Å². The number of unbranched alkanes of at least 4 members (excludes halogenated alkanes) is 20. The normalized spacial score (nSPS) is 11.9. The van der Waals surface area contributed by atoms with Gasteiger partial charge in [-0.25, -0.2) is 0 Å². The van der Waals surface area contributed by atoms with Crippen molar-refractivity contribution < 1.29 is 4.48 Å². The van der Waals surface area contributed by atoms with Crippen molar-refractivity contribution in [3.8, 4) is 0 Å². The summed E-state index contributed by atoms with van der Waals surface area (Å²) in [7, 11) is 2.45. The van der Waals surface area contributed by atoms with Gasteiger partial charge in [0.1, 0.15) is 0 Å². The fraction of sp³-hybridized carbons (Fsp3) is 0.882. The Labute approximate surface area is 223 Å². The van der Waals surface area contributed by atoms with Crippen molar-refractivity contribution in [2.24, 2.45) is 0 Å². The van der Waals surface area contributed by atoms with E-state index in [0.717, 1.165) is 23.6 Å². The van der Waals surface area contributed by atoms with Gasteiger partial charge in [-0.05, 0) is 37.8 Å². The van der Waals surface area contributed by atoms with Gasteiger partial charge in [0.25, 0.3) is 0 Å². The molecule has 0 aliphatic heterocycles. The first-order valence-electron chi connectivity index (χ1n) is 16.2. The molecule has 0 fully saturated rings. The summed E-state index contributed by atoms with van der Waals surface area (Å²) in [6, 6.07) is 0.767. The van der Waals surface area contributed by atoms with E-state index in [-0.39, 0.29) is 0 Å². The highest BCUT2D eigenvalue weighted by Gasteiger charge is 2.29. The van der Waals surface area contributed by atoms with E-state index in [9.17, 15) is 0 Å². The number of rotatable bonds is 29. The van der Waals surface area contributed by atoms with Crippen LogP contribution in [0.15, 0.2) is 25.3 Å². The molecule has 0 aliphatic rings. The fourth-order valence-corrected chi connectivity index (χ4v) is 5.82. The summed E-state index contributed by atoms with van der Waals surface area (Å²) in [4.78, 5) is 0. The molecule has 0 aliphatic carbocycles. The molecule has 0 heterocycles. The first-order chi connectivity index (χ1) is 17.1. The average Bonchev–Trinajstić information content (AvgIpc) is 2.84. The second-order valence-corrected chi connectivity index (χ2v) is 11.7. The Morgan fingerprint density at radius 3 is 0.971 bits per heavy atom. The number of hydrogen-bond acceptors (Lipinski definition) is 0. The van der Waals surface area contributed by atoms with Gasteiger partial charge in [-0.15, -0.1) is 0 Å². The van der Waals surface area contributed by atoms with E-state index in [1.165, 1.54) is 154 Å². The SMILES string of the molecule is C=CC[N+](C)(CC=C)C(CCCCCCCCCCCCC)CCCCCCCCCCCCC. The zero-order valence-electron chi connectivity index (χ0n) is 25.0. The van der Waals surface area contributed by atoms with E-state index < -0.39 is 0 Å². The van der Waals surface area contributed by atoms with Crippen molar-refractivity contribution in [3.05, 3.63) is 25.3 Å². The number of likely N-dealkylation sites (N-methyl/N-ethyl adjacent to an activating group) is 1. The summed E-state index contributed by atoms with van der Waals surface area (Å²) in [5.41, 5.74) is 0. The quantitative estimate of drug-likeness (QED) is 0.0555. The molecule has 0 rings (SSSR count). The van der Waals surface area contributed by atoms with Crippen molar-refractivity contribution in [2.45, 2.75) is 174 Å². The van der Waals surface area contributed by atoms with Crippen LogP contribution < -0.4 is 0 Å². The summed E-state index contributed by atoms with van der Waals surface area (Å²) in [6.45, 7) is 14.9. The zero-order chi connectivity index (χ0) is 25.9. The number of nitrogens with zero attached hydrogens (tertiary/aromatic N) is 1. The van der Waals surface area contributed by atoms with Gasteiger partial charge in [0, 0.05) is 0 Å². The molecule has 0 amide bonds. The second-order valence-electron chi connectivity index (χ2n) is 11.7. The number of quaternary nitrogens is 1. The van der Waals surface area contributed by atoms with Gasteiger partial charge in [0.05, 0.1) is 26.2 Å². The Morgan fingerprint density at radius 1 is 0.457 bits per heavy atom. The minimum Gasteiger partial charge on any atom is -0.317 e. The van der Waals surface area contributed by atoms with Gasteiger partial charge in [-0.2, -0.15) is 0 Å². The van der Waals surface area contributed by atoms with Gasteiger partial charge in [-0.1, -0.05) is 155 Å². The average molecular weight is 491 g/mol. The smallest absolute Gasteiger partial charge is 0.0973 e. The molecular formula is C34H68N+. The third-order valence-corrected chi connectivity index (χ3v) is 8.26. The summed E-state index contributed by atoms with van der Waals surface area (Å²) in [5, 5.41) is 0. The third kappa shape index (κ3) is 21.2. The van der Waals surface area contributed by atoms with Crippen LogP contribution in [0, 0.1) is 0 Å². The number of hydrogen-bond donors (Lipinski definition) is 0. The summed E-state index contributed by atoms with van der Waals surface area (Å²) >= 11 is 0. The summed E-state index contributed by atoms with van der Waals surface area (Å²) in [6.07, 6.45) is 38.6. The summed E-state index contributed by atoms with van der Waals surface area (Å²) in [5.74, 6) is 0. The van der Waals surface area contributed by atoms with Gasteiger partial charge >= 0.3 is 0 Å². The van der Waals surface area contributed by atoms with Gasteiger partial charge in [0.15, 0.2) is 0 Å². The molecular weight excluding hydrogens is 422 g/mol. The Balaban J connectivity index is 4.12. The Morgan fingerprint density at radius 2 is 0.714 bits per heavy atom. The molecule has 1 heteroatoms. The predicted molar refractivity (Wildman–Crippen MR) is 162 cm³/mol. The lowest BCUT2D eigenvalue weighted by atomic mass is 9.96. The third-order valence-electron chi connectivity index (χ3n) is 8.26. The van der Waals surface area contributed by atoms with Crippen LogP contribution in [0.25, 0.3) is 0 Å². The van der Waals surface area contributed by atoms with E-state index in [0.29, 0.717) is 0 Å². The molecule has 0 saturated carbocycles. The topological polar surface area (TPSA) is 0 Å². The lowest BCUT2D eigenvalue weighted by Gasteiger charge is -2.41. The standard InChI is InChI=1S/C34H68N/c1-6-10-12-14-16-18-20-22-24-26-28-30-34(35(5,32-8-3)33-9-4)31-29-27-25-23-21-19-17-15-13-11-7-2/h8-9,34H,3-4,6-7,10-33H2,1-2,5H3/q+1. The highest BCUT2D eigenvalue weighted by Crippen LogP contribution is 2.24. The minimum atomic E-state index is 0.767. The molecule has 0 aromatic carbocycles. The molecule has 0 aromatic heterocycles. The highest BCUT2D eigenvalue weighted by atomic mass is 15.3. The molecule has 208 valence electrons. The summed E-state index contributed by atoms with van der Waals surface area (Å²) < 4.78 is 1.11. The van der Waals surface area contributed by atoms with E-state index in [1.54, 1.807) is 0 Å². The van der Waals surface area contributed by atoms with Crippen molar-refractivity contribution in [2.75, 3.05) is 20.1 Å². The van der Waals surface area contributed by atoms with Crippen LogP contribution in [0.2, 0.25) is 0 Å². The van der Waals surface area contributed by atoms with Crippen molar-refractivity contribution in [3.63, 3.8) is 0 Å². The van der Waals surface area contributed by atoms with Crippen molar-refractivity contribution in [1.82, 2.24) is 0 Å². The maximum absolute atomic E-state index is 4.08. The van der Waals surface area contributed by atoms with Crippen molar-refractivity contribution >= 4 is 0 Å². The van der Waals surface area contributed by atoms with Crippen LogP contribution in [0.4, 0.5) is 0 Å². The molecule has 0 atom stereocenters. The molecule has 0 aromatic rings. The zero-order valence-corrected chi connectivity index (χ0v) is 25.0. The van der Waals surface area contributed by atoms with Crippen LogP contribution in [0.5, 0.6) is 0 Å². The maximum atomic E-state index is 4.08. The Kier molecular flexibility index (Phi) is 26.1. The van der Waals surface area contributed by atoms with Crippen molar-refractivity contribution in [1.29, 1.82) is 0 Å². The van der Waals surface area contributed by atoms with E-state index in [1.807, 2.05) is 0 Å². The van der Waals surface area contributed by atoms with Gasteiger partial charge in [-0.3, -0.25) is 0 Å². The molecule has 0 spiro atoms. The highest BCUT2D eigenvalue weighted by molar-refractivity contribution is 4.75. The predicted octanol–water partition coefficient (Wildman–Crippen LogP) is 11.6. The molecule has 1 nitrogen and oxygen atoms in total. The second kappa shape index (κ2) is 26.5. The molecule has 0 saturated heterocycles. The van der Waals surface area contributed by atoms with E-state index in [4.69, 9.17) is 0 Å². The van der Waals surface area contributed by atoms with Gasteiger partial charge < -0.3 is 4.48 Å². The van der Waals surface area contributed by atoms with Crippen LogP contribution in [-0.2, 0) is 0 Å². The Bertz CT molecular complexity index is 404. The molecule has 35 heavy (non-hydrogen) atoms. The first kappa shape index (κ1) is 34.4. The van der Waals surface area contributed by atoms with E-state index >= 15 is 0 Å². The molecule has 0 N–H and O–H groups in total. The largest absolute Gasteiger partial charge is 0.317 e. The maximum Gasteiger partial charge on any atom is 0.0973 e. The lowest BCUT2D eigenvalue weighted by Crippen LogP contribution is -2.52. The Hall–Kier alpha value is -0.560. The molecule has 0 unspecified atom stereocenters. The molecule has 0 radical (unpaired) electrons. The van der Waals surface area contributed by atoms with Crippen LogP contribution in [0.1, 0.15) is 168 Å². The monoisotopic (exact) mass is 491 g/mol. The van der Waals surface area contributed by atoms with Crippen LogP contribution in [-0.4, -0.2) is 30.7 Å².